The summed E-state index contributed by atoms with van der Waals surface area (Å²) in [7, 11) is -4.78. The van der Waals surface area contributed by atoms with Gasteiger partial charge in [0, 0.05) is 12.8 Å². The SMILES string of the molecule is CC/C=C/C/C=C/C/C=C/C/C=C/C/C=C/C/C=C/CCC(=O)O[C@H](COC(=O)CCCC/C=C/CCCCCCCCCCC)COP(=O)(O)O. The topological polar surface area (TPSA) is 119 Å². The van der Waals surface area contributed by atoms with E-state index in [1.54, 1.807) is 0 Å². The Hall–Kier alpha value is -2.77. The highest BCUT2D eigenvalue weighted by Gasteiger charge is 2.22. The zero-order valence-electron chi connectivity index (χ0n) is 32.4. The van der Waals surface area contributed by atoms with Crippen LogP contribution in [0.25, 0.3) is 0 Å². The number of ether oxygens (including phenoxy) is 2. The molecule has 0 amide bonds. The van der Waals surface area contributed by atoms with Crippen LogP contribution in [0.5, 0.6) is 0 Å². The lowest BCUT2D eigenvalue weighted by molar-refractivity contribution is -0.161. The number of carbonyl (C=O) groups excluding carboxylic acids is 2. The summed E-state index contributed by atoms with van der Waals surface area (Å²) in [6, 6.07) is 0. The van der Waals surface area contributed by atoms with Crippen molar-refractivity contribution in [2.75, 3.05) is 13.2 Å². The number of rotatable bonds is 35. The lowest BCUT2D eigenvalue weighted by Crippen LogP contribution is -2.29. The highest BCUT2D eigenvalue weighted by Crippen LogP contribution is 2.35. The molecular weight excluding hydrogens is 675 g/mol. The first-order valence-electron chi connectivity index (χ1n) is 19.9. The van der Waals surface area contributed by atoms with Gasteiger partial charge in [-0.3, -0.25) is 14.1 Å². The smallest absolute Gasteiger partial charge is 0.462 e. The molecule has 0 aliphatic rings. The van der Waals surface area contributed by atoms with Crippen molar-refractivity contribution in [3.8, 4) is 0 Å². The van der Waals surface area contributed by atoms with E-state index in [-0.39, 0.29) is 19.4 Å². The highest BCUT2D eigenvalue weighted by molar-refractivity contribution is 7.46. The van der Waals surface area contributed by atoms with Crippen molar-refractivity contribution in [2.24, 2.45) is 0 Å². The molecule has 0 spiro atoms. The van der Waals surface area contributed by atoms with E-state index < -0.39 is 32.5 Å². The van der Waals surface area contributed by atoms with Gasteiger partial charge in [-0.25, -0.2) is 4.57 Å². The summed E-state index contributed by atoms with van der Waals surface area (Å²) in [5.41, 5.74) is 0. The molecule has 52 heavy (non-hydrogen) atoms. The predicted octanol–water partition coefficient (Wildman–Crippen LogP) is 12.1. The van der Waals surface area contributed by atoms with Crippen molar-refractivity contribution in [3.05, 3.63) is 85.1 Å². The molecule has 0 fully saturated rings. The van der Waals surface area contributed by atoms with Gasteiger partial charge in [0.2, 0.25) is 0 Å². The van der Waals surface area contributed by atoms with Crippen LogP contribution in [0.4, 0.5) is 0 Å². The van der Waals surface area contributed by atoms with Crippen molar-refractivity contribution >= 4 is 19.8 Å². The van der Waals surface area contributed by atoms with Crippen molar-refractivity contribution in [3.63, 3.8) is 0 Å². The summed E-state index contributed by atoms with van der Waals surface area (Å²) in [5, 5.41) is 0. The third kappa shape index (κ3) is 40.0. The number of hydrogen-bond donors (Lipinski definition) is 2. The Bertz CT molecular complexity index is 1110. The van der Waals surface area contributed by atoms with Gasteiger partial charge >= 0.3 is 19.8 Å². The first-order valence-corrected chi connectivity index (χ1v) is 21.4. The maximum atomic E-state index is 12.3. The second-order valence-electron chi connectivity index (χ2n) is 12.9. The minimum Gasteiger partial charge on any atom is -0.462 e. The predicted molar refractivity (Wildman–Crippen MR) is 216 cm³/mol. The first-order chi connectivity index (χ1) is 25.3. The van der Waals surface area contributed by atoms with Crippen LogP contribution in [0, 0.1) is 0 Å². The normalized spacial score (nSPS) is 13.4. The van der Waals surface area contributed by atoms with Crippen LogP contribution in [0.3, 0.4) is 0 Å². The minimum atomic E-state index is -4.78. The molecule has 0 aromatic heterocycles. The average Bonchev–Trinajstić information content (AvgIpc) is 3.11. The second-order valence-corrected chi connectivity index (χ2v) is 14.1. The van der Waals surface area contributed by atoms with E-state index in [0.717, 1.165) is 57.8 Å². The summed E-state index contributed by atoms with van der Waals surface area (Å²) in [6.07, 6.45) is 50.3. The van der Waals surface area contributed by atoms with Crippen molar-refractivity contribution in [2.45, 2.75) is 161 Å². The molecule has 1 atom stereocenters. The second kappa shape index (κ2) is 38.0. The third-order valence-electron chi connectivity index (χ3n) is 7.91. The summed E-state index contributed by atoms with van der Waals surface area (Å²) in [5.74, 6) is -1.02. The summed E-state index contributed by atoms with van der Waals surface area (Å²) < 4.78 is 26.2. The molecule has 8 nitrogen and oxygen atoms in total. The van der Waals surface area contributed by atoms with Crippen molar-refractivity contribution < 1.29 is 37.9 Å². The van der Waals surface area contributed by atoms with Gasteiger partial charge in [-0.15, -0.1) is 0 Å². The largest absolute Gasteiger partial charge is 0.469 e. The zero-order chi connectivity index (χ0) is 38.2. The molecular formula is C43H71O8P. The van der Waals surface area contributed by atoms with Gasteiger partial charge in [-0.05, 0) is 77.0 Å². The quantitative estimate of drug-likeness (QED) is 0.0285. The van der Waals surface area contributed by atoms with E-state index in [9.17, 15) is 14.2 Å². The molecule has 0 rings (SSSR count). The lowest BCUT2D eigenvalue weighted by atomic mass is 10.1. The van der Waals surface area contributed by atoms with E-state index in [0.29, 0.717) is 12.8 Å². The van der Waals surface area contributed by atoms with Gasteiger partial charge in [0.1, 0.15) is 6.61 Å². The molecule has 0 aromatic rings. The minimum absolute atomic E-state index is 0.0785. The van der Waals surface area contributed by atoms with Crippen LogP contribution in [0.1, 0.15) is 155 Å². The number of phosphoric acid groups is 1. The van der Waals surface area contributed by atoms with Gasteiger partial charge in [0.25, 0.3) is 0 Å². The number of phosphoric ester groups is 1. The highest BCUT2D eigenvalue weighted by atomic mass is 31.2. The van der Waals surface area contributed by atoms with Crippen LogP contribution in [0.15, 0.2) is 85.1 Å². The van der Waals surface area contributed by atoms with Crippen LogP contribution >= 0.6 is 7.82 Å². The summed E-state index contributed by atoms with van der Waals surface area (Å²) in [4.78, 5) is 42.7. The van der Waals surface area contributed by atoms with E-state index in [2.05, 4.69) is 91.3 Å². The molecule has 0 aliphatic carbocycles. The van der Waals surface area contributed by atoms with E-state index in [1.807, 2.05) is 12.2 Å². The Morgan fingerprint density at radius 2 is 0.962 bits per heavy atom. The molecule has 0 saturated carbocycles. The number of hydrogen-bond acceptors (Lipinski definition) is 6. The molecule has 296 valence electrons. The van der Waals surface area contributed by atoms with Crippen LogP contribution < -0.4 is 0 Å². The average molecular weight is 747 g/mol. The maximum Gasteiger partial charge on any atom is 0.469 e. The standard InChI is InChI=1S/C43H71O8P/c1-3-5-7-9-11-13-15-17-19-20-21-22-24-26-28-30-32-34-36-38-43(45)51-41(40-50-52(46,47)48)39-49-42(44)37-35-33-31-29-27-25-23-18-16-14-12-10-8-6-4-2/h5,7,11,13,17,19,21-22,26-29,32,34,41H,3-4,6,8-10,12,14-16,18,20,23-25,30-31,33,35-40H2,1-2H3,(H2,46,47,48)/b7-5+,13-11+,19-17+,22-21+,28-26+,29-27+,34-32+/t41-/m1/s1. The Kier molecular flexibility index (Phi) is 35.9. The Balaban J connectivity index is 4.13. The molecule has 0 saturated heterocycles. The number of carbonyl (C=O) groups is 2. The molecule has 0 heterocycles. The number of allylic oxidation sites excluding steroid dienone is 14. The summed E-state index contributed by atoms with van der Waals surface area (Å²) >= 11 is 0. The molecule has 0 unspecified atom stereocenters. The first kappa shape index (κ1) is 49.2. The molecule has 0 bridgehead atoms. The fourth-order valence-corrected chi connectivity index (χ4v) is 5.34. The fourth-order valence-electron chi connectivity index (χ4n) is 4.98. The monoisotopic (exact) mass is 746 g/mol. The lowest BCUT2D eigenvalue weighted by Gasteiger charge is -2.18. The third-order valence-corrected chi connectivity index (χ3v) is 8.40. The van der Waals surface area contributed by atoms with Gasteiger partial charge < -0.3 is 19.3 Å². The van der Waals surface area contributed by atoms with Crippen LogP contribution in [0.2, 0.25) is 0 Å². The van der Waals surface area contributed by atoms with Gasteiger partial charge in [0.15, 0.2) is 6.10 Å². The van der Waals surface area contributed by atoms with E-state index >= 15 is 0 Å². The molecule has 0 aromatic carbocycles. The molecule has 0 aliphatic heterocycles. The van der Waals surface area contributed by atoms with E-state index in [1.165, 1.54) is 57.8 Å². The van der Waals surface area contributed by atoms with Crippen molar-refractivity contribution in [1.82, 2.24) is 0 Å². The van der Waals surface area contributed by atoms with E-state index in [4.69, 9.17) is 19.3 Å². The summed E-state index contributed by atoms with van der Waals surface area (Å²) in [6.45, 7) is 3.47. The number of unbranched alkanes of at least 4 members (excludes halogenated alkanes) is 11. The maximum absolute atomic E-state index is 12.3. The Morgan fingerprint density at radius 1 is 0.519 bits per heavy atom. The zero-order valence-corrected chi connectivity index (χ0v) is 33.3. The number of esters is 2. The Labute approximate surface area is 316 Å². The van der Waals surface area contributed by atoms with Crippen LogP contribution in [-0.4, -0.2) is 41.0 Å². The van der Waals surface area contributed by atoms with Gasteiger partial charge in [-0.1, -0.05) is 150 Å². The molecule has 0 radical (unpaired) electrons. The van der Waals surface area contributed by atoms with Crippen molar-refractivity contribution in [1.29, 1.82) is 0 Å². The van der Waals surface area contributed by atoms with Crippen LogP contribution in [-0.2, 0) is 28.2 Å². The fraction of sp³-hybridized carbons (Fsp3) is 0.628. The molecule has 2 N–H and O–H groups in total. The Morgan fingerprint density at radius 3 is 1.46 bits per heavy atom. The van der Waals surface area contributed by atoms with Gasteiger partial charge in [-0.2, -0.15) is 0 Å². The molecule has 9 heteroatoms. The van der Waals surface area contributed by atoms with Gasteiger partial charge in [0.05, 0.1) is 6.61 Å².